The van der Waals surface area contributed by atoms with Gasteiger partial charge in [-0.15, -0.1) is 6.42 Å². The summed E-state index contributed by atoms with van der Waals surface area (Å²) in [5.41, 5.74) is -1.06. The molecule has 2 rings (SSSR count). The molecule has 0 unspecified atom stereocenters. The van der Waals surface area contributed by atoms with Gasteiger partial charge in [-0.3, -0.25) is 4.79 Å². The molecule has 2 aromatic rings. The fraction of sp³-hybridized carbons (Fsp3) is 0.250. The van der Waals surface area contributed by atoms with Crippen LogP contribution in [0.5, 0.6) is 0 Å². The summed E-state index contributed by atoms with van der Waals surface area (Å²) in [4.78, 5) is 15.9. The smallest absolute Gasteiger partial charge is 0.435 e. The van der Waals surface area contributed by atoms with Crippen LogP contribution < -0.4 is 4.90 Å². The average molecular weight is 298 g/mol. The van der Waals surface area contributed by atoms with Crippen LogP contribution in [0.3, 0.4) is 0 Å². The molecule has 0 atom stereocenters. The normalized spacial score (nSPS) is 11.3. The monoisotopic (exact) mass is 298 g/mol. The molecule has 21 heavy (non-hydrogen) atoms. The molecule has 9 heteroatoms. The molecule has 2 aromatic heterocycles. The first kappa shape index (κ1) is 14.6. The molecule has 0 aliphatic rings. The van der Waals surface area contributed by atoms with Crippen LogP contribution in [0.15, 0.2) is 18.5 Å². The molecule has 2 heterocycles. The Hall–Kier alpha value is -2.76. The van der Waals surface area contributed by atoms with E-state index in [2.05, 4.69) is 16.0 Å². The Morgan fingerprint density at radius 1 is 1.52 bits per heavy atom. The molecule has 0 radical (unpaired) electrons. The Labute approximate surface area is 116 Å². The second kappa shape index (κ2) is 5.32. The van der Waals surface area contributed by atoms with E-state index in [4.69, 9.17) is 11.5 Å². The predicted molar refractivity (Wildman–Crippen MR) is 66.7 cm³/mol. The number of aromatic nitrogens is 3. The zero-order valence-electron chi connectivity index (χ0n) is 10.5. The number of fused-ring (bicyclic) bond motifs is 1. The summed E-state index contributed by atoms with van der Waals surface area (Å²) >= 11 is 0. The van der Waals surface area contributed by atoms with Crippen molar-refractivity contribution in [3.63, 3.8) is 0 Å². The highest BCUT2D eigenvalue weighted by atomic mass is 19.4. The molecule has 0 saturated heterocycles. The highest BCUT2D eigenvalue weighted by Gasteiger charge is 2.34. The third-order valence-corrected chi connectivity index (χ3v) is 2.57. The third-order valence-electron chi connectivity index (χ3n) is 2.57. The number of carboxylic acid groups (broad SMARTS) is 1. The molecule has 0 aromatic carbocycles. The van der Waals surface area contributed by atoms with E-state index < -0.39 is 24.4 Å². The summed E-state index contributed by atoms with van der Waals surface area (Å²) < 4.78 is 39.0. The highest BCUT2D eigenvalue weighted by molar-refractivity contribution is 5.78. The van der Waals surface area contributed by atoms with E-state index in [1.165, 1.54) is 17.3 Å². The number of carbonyl (C=O) groups is 1. The lowest BCUT2D eigenvalue weighted by molar-refractivity contribution is -0.141. The molecule has 0 saturated carbocycles. The van der Waals surface area contributed by atoms with Crippen molar-refractivity contribution in [1.82, 2.24) is 14.6 Å². The Balaban J connectivity index is 2.54. The van der Waals surface area contributed by atoms with E-state index in [0.717, 1.165) is 10.6 Å². The molecule has 0 bridgehead atoms. The fourth-order valence-corrected chi connectivity index (χ4v) is 1.77. The first-order chi connectivity index (χ1) is 9.82. The van der Waals surface area contributed by atoms with Crippen molar-refractivity contribution in [3.05, 3.63) is 24.2 Å². The maximum absolute atomic E-state index is 12.7. The Morgan fingerprint density at radius 2 is 2.24 bits per heavy atom. The number of nitrogens with zero attached hydrogens (tertiary/aromatic N) is 4. The van der Waals surface area contributed by atoms with Crippen molar-refractivity contribution in [1.29, 1.82) is 0 Å². The quantitative estimate of drug-likeness (QED) is 0.861. The topological polar surface area (TPSA) is 70.7 Å². The number of terminal acetylenes is 1. The lowest BCUT2D eigenvalue weighted by Gasteiger charge is -2.19. The zero-order chi connectivity index (χ0) is 15.6. The first-order valence-corrected chi connectivity index (χ1v) is 5.64. The molecular weight excluding hydrogens is 289 g/mol. The number of anilines is 1. The van der Waals surface area contributed by atoms with Crippen LogP contribution in [0.25, 0.3) is 5.52 Å². The standard InChI is InChI=1S/C12H9F3N4O2/c1-2-4-18(7-10(20)21)11-8-6-9(12(13,14)15)17-19(8)5-3-16-11/h1,3,5-6H,4,7H2,(H,20,21). The van der Waals surface area contributed by atoms with Gasteiger partial charge < -0.3 is 10.0 Å². The van der Waals surface area contributed by atoms with E-state index in [1.807, 2.05) is 0 Å². The minimum Gasteiger partial charge on any atom is -0.480 e. The van der Waals surface area contributed by atoms with E-state index in [-0.39, 0.29) is 17.9 Å². The molecule has 6 nitrogen and oxygen atoms in total. The molecule has 0 aliphatic heterocycles. The maximum Gasteiger partial charge on any atom is 0.435 e. The Bertz CT molecular complexity index is 717. The zero-order valence-corrected chi connectivity index (χ0v) is 10.5. The number of hydrogen-bond donors (Lipinski definition) is 1. The molecule has 0 aliphatic carbocycles. The fourth-order valence-electron chi connectivity index (χ4n) is 1.77. The van der Waals surface area contributed by atoms with E-state index in [1.54, 1.807) is 0 Å². The molecule has 0 amide bonds. The van der Waals surface area contributed by atoms with Crippen LogP contribution in [0.1, 0.15) is 5.69 Å². The van der Waals surface area contributed by atoms with Crippen molar-refractivity contribution < 1.29 is 23.1 Å². The van der Waals surface area contributed by atoms with Gasteiger partial charge in [0.05, 0.1) is 6.54 Å². The third kappa shape index (κ3) is 3.05. The lowest BCUT2D eigenvalue weighted by atomic mass is 10.3. The Morgan fingerprint density at radius 3 is 2.81 bits per heavy atom. The van der Waals surface area contributed by atoms with Crippen molar-refractivity contribution >= 4 is 17.3 Å². The van der Waals surface area contributed by atoms with Crippen LogP contribution in [-0.2, 0) is 11.0 Å². The van der Waals surface area contributed by atoms with Gasteiger partial charge in [0.2, 0.25) is 0 Å². The van der Waals surface area contributed by atoms with Gasteiger partial charge in [-0.25, -0.2) is 9.50 Å². The molecular formula is C12H9F3N4O2. The minimum absolute atomic E-state index is 0.0286. The van der Waals surface area contributed by atoms with Crippen molar-refractivity contribution in [2.45, 2.75) is 6.18 Å². The lowest BCUT2D eigenvalue weighted by Crippen LogP contribution is -2.31. The van der Waals surface area contributed by atoms with Crippen LogP contribution >= 0.6 is 0 Å². The van der Waals surface area contributed by atoms with Gasteiger partial charge in [0.1, 0.15) is 12.1 Å². The van der Waals surface area contributed by atoms with Crippen LogP contribution in [0.4, 0.5) is 19.0 Å². The van der Waals surface area contributed by atoms with Gasteiger partial charge in [-0.2, -0.15) is 18.3 Å². The van der Waals surface area contributed by atoms with Crippen molar-refractivity contribution in [3.8, 4) is 12.3 Å². The number of rotatable bonds is 4. The molecule has 0 spiro atoms. The summed E-state index contributed by atoms with van der Waals surface area (Å²) in [5, 5.41) is 12.2. The van der Waals surface area contributed by atoms with Crippen molar-refractivity contribution in [2.24, 2.45) is 0 Å². The first-order valence-electron chi connectivity index (χ1n) is 5.64. The summed E-state index contributed by atoms with van der Waals surface area (Å²) in [6.07, 6.45) is 3.00. The number of carboxylic acids is 1. The van der Waals surface area contributed by atoms with Gasteiger partial charge in [0, 0.05) is 18.5 Å². The number of alkyl halides is 3. The summed E-state index contributed by atoms with van der Waals surface area (Å²) in [6.45, 7) is -0.588. The number of aliphatic carboxylic acids is 1. The van der Waals surface area contributed by atoms with Crippen LogP contribution in [0.2, 0.25) is 0 Å². The number of halogens is 3. The van der Waals surface area contributed by atoms with E-state index in [0.29, 0.717) is 0 Å². The van der Waals surface area contributed by atoms with Gasteiger partial charge in [-0.05, 0) is 0 Å². The number of hydrogen-bond acceptors (Lipinski definition) is 4. The van der Waals surface area contributed by atoms with Crippen LogP contribution in [0, 0.1) is 12.3 Å². The average Bonchev–Trinajstić information content (AvgIpc) is 2.81. The van der Waals surface area contributed by atoms with Gasteiger partial charge in [-0.1, -0.05) is 5.92 Å². The van der Waals surface area contributed by atoms with E-state index >= 15 is 0 Å². The molecule has 0 fully saturated rings. The summed E-state index contributed by atoms with van der Waals surface area (Å²) in [5.74, 6) is 1.10. The van der Waals surface area contributed by atoms with Gasteiger partial charge >= 0.3 is 12.1 Å². The minimum atomic E-state index is -4.60. The van der Waals surface area contributed by atoms with E-state index in [9.17, 15) is 18.0 Å². The second-order valence-electron chi connectivity index (χ2n) is 4.06. The molecule has 1 N–H and O–H groups in total. The van der Waals surface area contributed by atoms with Crippen LogP contribution in [-0.4, -0.2) is 38.8 Å². The Kier molecular flexibility index (Phi) is 3.71. The summed E-state index contributed by atoms with van der Waals surface area (Å²) in [7, 11) is 0. The largest absolute Gasteiger partial charge is 0.480 e. The SMILES string of the molecule is C#CCN(CC(=O)O)c1nccn2nc(C(F)(F)F)cc12. The predicted octanol–water partition coefficient (Wildman–Crippen LogP) is 1.27. The summed E-state index contributed by atoms with van der Waals surface area (Å²) in [6, 6.07) is 0.799. The maximum atomic E-state index is 12.7. The highest BCUT2D eigenvalue weighted by Crippen LogP contribution is 2.30. The second-order valence-corrected chi connectivity index (χ2v) is 4.06. The van der Waals surface area contributed by atoms with Crippen molar-refractivity contribution in [2.75, 3.05) is 18.0 Å². The van der Waals surface area contributed by atoms with Gasteiger partial charge in [0.15, 0.2) is 11.5 Å². The van der Waals surface area contributed by atoms with Gasteiger partial charge in [0.25, 0.3) is 0 Å². The molecule has 110 valence electrons.